The van der Waals surface area contributed by atoms with E-state index in [1.165, 1.54) is 15.5 Å². The second kappa shape index (κ2) is 6.93. The van der Waals surface area contributed by atoms with Gasteiger partial charge in [-0.05, 0) is 6.92 Å². The first-order valence-electron chi connectivity index (χ1n) is 7.39. The number of nitrogens with zero attached hydrogens (tertiary/aromatic N) is 5. The summed E-state index contributed by atoms with van der Waals surface area (Å²) in [6.45, 7) is 3.33. The van der Waals surface area contributed by atoms with Crippen LogP contribution in [0.3, 0.4) is 0 Å². The van der Waals surface area contributed by atoms with Gasteiger partial charge < -0.3 is 9.64 Å². The number of ether oxygens (including phenoxy) is 1. The molecule has 0 saturated carbocycles. The Morgan fingerprint density at radius 3 is 2.70 bits per heavy atom. The molecule has 130 valence electrons. The summed E-state index contributed by atoms with van der Waals surface area (Å²) >= 11 is 0. The molecule has 2 rings (SSSR count). The summed E-state index contributed by atoms with van der Waals surface area (Å²) in [4.78, 5) is 13.0. The fourth-order valence-corrected chi connectivity index (χ4v) is 3.32. The summed E-state index contributed by atoms with van der Waals surface area (Å²) in [5.41, 5.74) is 1.54. The molecule has 0 aliphatic carbocycles. The second-order valence-corrected chi connectivity index (χ2v) is 7.78. The van der Waals surface area contributed by atoms with Crippen molar-refractivity contribution < 1.29 is 17.9 Å². The van der Waals surface area contributed by atoms with Crippen molar-refractivity contribution in [2.75, 3.05) is 40.1 Å². The Labute approximate surface area is 136 Å². The van der Waals surface area contributed by atoms with Crippen LogP contribution in [0, 0.1) is 0 Å². The number of sulfonamides is 1. The minimum Gasteiger partial charge on any atom is -0.371 e. The first kappa shape index (κ1) is 17.8. The van der Waals surface area contributed by atoms with Crippen LogP contribution in [0.15, 0.2) is 0 Å². The highest BCUT2D eigenvalue weighted by atomic mass is 32.2. The Morgan fingerprint density at radius 1 is 1.43 bits per heavy atom. The van der Waals surface area contributed by atoms with Crippen molar-refractivity contribution in [3.63, 3.8) is 0 Å². The van der Waals surface area contributed by atoms with E-state index < -0.39 is 10.0 Å². The summed E-state index contributed by atoms with van der Waals surface area (Å²) in [5, 5.41) is 8.16. The van der Waals surface area contributed by atoms with Gasteiger partial charge in [-0.15, -0.1) is 5.10 Å². The van der Waals surface area contributed by atoms with Gasteiger partial charge in [0.2, 0.25) is 15.9 Å². The van der Waals surface area contributed by atoms with Gasteiger partial charge in [0.1, 0.15) is 12.3 Å². The summed E-state index contributed by atoms with van der Waals surface area (Å²) in [5.74, 6) is -0.332. The maximum Gasteiger partial charge on any atom is 0.248 e. The lowest BCUT2D eigenvalue weighted by Crippen LogP contribution is -2.40. The van der Waals surface area contributed by atoms with Crippen LogP contribution in [-0.2, 0) is 32.6 Å². The van der Waals surface area contributed by atoms with Crippen LogP contribution in [0.5, 0.6) is 0 Å². The van der Waals surface area contributed by atoms with E-state index in [4.69, 9.17) is 4.74 Å². The highest BCUT2D eigenvalue weighted by Crippen LogP contribution is 2.28. The molecule has 0 aromatic carbocycles. The largest absolute Gasteiger partial charge is 0.371 e. The van der Waals surface area contributed by atoms with Gasteiger partial charge in [0.05, 0.1) is 25.1 Å². The lowest BCUT2D eigenvalue weighted by molar-refractivity contribution is -0.133. The van der Waals surface area contributed by atoms with E-state index in [1.54, 1.807) is 18.8 Å². The van der Waals surface area contributed by atoms with Gasteiger partial charge in [-0.2, -0.15) is 4.31 Å². The lowest BCUT2D eigenvalue weighted by Gasteiger charge is -2.30. The molecule has 0 unspecified atom stereocenters. The van der Waals surface area contributed by atoms with E-state index in [2.05, 4.69) is 10.3 Å². The molecule has 1 amide bonds. The van der Waals surface area contributed by atoms with Crippen molar-refractivity contribution in [1.82, 2.24) is 24.2 Å². The van der Waals surface area contributed by atoms with Crippen molar-refractivity contribution in [3.05, 3.63) is 11.4 Å². The Morgan fingerprint density at radius 2 is 2.13 bits per heavy atom. The number of rotatable bonds is 6. The number of hydrogen-bond acceptors (Lipinski definition) is 6. The molecule has 0 fully saturated rings. The van der Waals surface area contributed by atoms with Gasteiger partial charge in [0.15, 0.2) is 0 Å². The molecule has 1 atom stereocenters. The highest BCUT2D eigenvalue weighted by Gasteiger charge is 2.34. The van der Waals surface area contributed by atoms with Crippen LogP contribution in [-0.4, -0.2) is 78.6 Å². The third-order valence-corrected chi connectivity index (χ3v) is 5.01. The number of aromatic nitrogens is 3. The average Bonchev–Trinajstić information content (AvgIpc) is 2.89. The predicted octanol–water partition coefficient (Wildman–Crippen LogP) is -0.738. The highest BCUT2D eigenvalue weighted by molar-refractivity contribution is 7.88. The molecule has 0 spiro atoms. The Hall–Kier alpha value is -1.52. The zero-order valence-corrected chi connectivity index (χ0v) is 14.7. The smallest absolute Gasteiger partial charge is 0.248 e. The molecule has 0 N–H and O–H groups in total. The van der Waals surface area contributed by atoms with E-state index in [-0.39, 0.29) is 31.6 Å². The van der Waals surface area contributed by atoms with Crippen LogP contribution in [0.4, 0.5) is 0 Å². The Balaban J connectivity index is 2.16. The zero-order chi connectivity index (χ0) is 17.2. The molecule has 9 nitrogen and oxygen atoms in total. The number of carbonyl (C=O) groups excluding carboxylic acids is 1. The maximum atomic E-state index is 11.9. The molecule has 10 heteroatoms. The SMILES string of the molecule is CCn1nnc2c1[C@@H](COCC(=O)N(C)C)CN(S(C)(=O)=O)C2. The molecule has 1 aromatic rings. The van der Waals surface area contributed by atoms with E-state index in [1.807, 2.05) is 6.92 Å². The predicted molar refractivity (Wildman–Crippen MR) is 83.2 cm³/mol. The molecule has 0 saturated heterocycles. The number of amides is 1. The zero-order valence-electron chi connectivity index (χ0n) is 13.9. The molecule has 2 heterocycles. The maximum absolute atomic E-state index is 11.9. The monoisotopic (exact) mass is 345 g/mol. The van der Waals surface area contributed by atoms with Crippen LogP contribution >= 0.6 is 0 Å². The van der Waals surface area contributed by atoms with Gasteiger partial charge in [0, 0.05) is 33.1 Å². The second-order valence-electron chi connectivity index (χ2n) is 5.79. The topological polar surface area (TPSA) is 97.6 Å². The van der Waals surface area contributed by atoms with E-state index >= 15 is 0 Å². The molecule has 1 aliphatic heterocycles. The van der Waals surface area contributed by atoms with Gasteiger partial charge in [0.25, 0.3) is 0 Å². The molecule has 0 bridgehead atoms. The Kier molecular flexibility index (Phi) is 5.37. The van der Waals surface area contributed by atoms with Gasteiger partial charge >= 0.3 is 0 Å². The summed E-state index contributed by atoms with van der Waals surface area (Å²) in [6.07, 6.45) is 1.18. The average molecular weight is 345 g/mol. The standard InChI is InChI=1S/C13H23N5O4S/c1-5-18-13-10(8-22-9-12(19)16(2)3)6-17(23(4,20)21)7-11(13)14-15-18/h10H,5-9H2,1-4H3/t10-/m1/s1. The van der Waals surface area contributed by atoms with Crippen molar-refractivity contribution in [1.29, 1.82) is 0 Å². The van der Waals surface area contributed by atoms with Crippen molar-refractivity contribution >= 4 is 15.9 Å². The van der Waals surface area contributed by atoms with Crippen LogP contribution in [0.25, 0.3) is 0 Å². The summed E-state index contributed by atoms with van der Waals surface area (Å²) in [7, 11) is -0.0110. The van der Waals surface area contributed by atoms with Gasteiger partial charge in [-0.1, -0.05) is 5.21 Å². The van der Waals surface area contributed by atoms with Crippen LogP contribution < -0.4 is 0 Å². The molecule has 1 aliphatic rings. The van der Waals surface area contributed by atoms with E-state index in [0.717, 1.165) is 5.69 Å². The number of fused-ring (bicyclic) bond motifs is 1. The van der Waals surface area contributed by atoms with Crippen molar-refractivity contribution in [2.45, 2.75) is 25.9 Å². The van der Waals surface area contributed by atoms with E-state index in [9.17, 15) is 13.2 Å². The van der Waals surface area contributed by atoms with Crippen molar-refractivity contribution in [2.24, 2.45) is 0 Å². The van der Waals surface area contributed by atoms with Gasteiger partial charge in [-0.25, -0.2) is 13.1 Å². The number of carbonyl (C=O) groups is 1. The first-order valence-corrected chi connectivity index (χ1v) is 9.24. The van der Waals surface area contributed by atoms with Crippen molar-refractivity contribution in [3.8, 4) is 0 Å². The summed E-state index contributed by atoms with van der Waals surface area (Å²) < 4.78 is 32.3. The number of likely N-dealkylation sites (N-methyl/N-ethyl adjacent to an activating group) is 1. The number of aryl methyl sites for hydroxylation is 1. The molecule has 23 heavy (non-hydrogen) atoms. The lowest BCUT2D eigenvalue weighted by atomic mass is 10.0. The third kappa shape index (κ3) is 4.06. The fourth-order valence-electron chi connectivity index (χ4n) is 2.51. The number of hydrogen-bond donors (Lipinski definition) is 0. The third-order valence-electron chi connectivity index (χ3n) is 3.80. The normalized spacial score (nSPS) is 18.7. The molecule has 0 radical (unpaired) electrons. The first-order chi connectivity index (χ1) is 10.7. The quantitative estimate of drug-likeness (QED) is 0.674. The van der Waals surface area contributed by atoms with E-state index in [0.29, 0.717) is 18.8 Å². The van der Waals surface area contributed by atoms with Crippen LogP contribution in [0.1, 0.15) is 24.2 Å². The molecule has 1 aromatic heterocycles. The minimum absolute atomic E-state index is 0.0363. The van der Waals surface area contributed by atoms with Crippen LogP contribution in [0.2, 0.25) is 0 Å². The minimum atomic E-state index is -3.33. The Bertz CT molecular complexity index is 670. The fraction of sp³-hybridized carbons (Fsp3) is 0.769. The molecular formula is C13H23N5O4S. The summed E-state index contributed by atoms with van der Waals surface area (Å²) in [6, 6.07) is 0. The molecular weight excluding hydrogens is 322 g/mol. The van der Waals surface area contributed by atoms with Gasteiger partial charge in [-0.3, -0.25) is 4.79 Å².